The van der Waals surface area contributed by atoms with E-state index >= 15 is 0 Å². The highest BCUT2D eigenvalue weighted by atomic mass is 32.2. The summed E-state index contributed by atoms with van der Waals surface area (Å²) >= 11 is 0. The van der Waals surface area contributed by atoms with Crippen LogP contribution in [0.3, 0.4) is 0 Å². The van der Waals surface area contributed by atoms with Gasteiger partial charge in [-0.1, -0.05) is 55.6 Å². The first-order valence-corrected chi connectivity index (χ1v) is 13.6. The number of hydrogen-bond acceptors (Lipinski definition) is 5. The van der Waals surface area contributed by atoms with Crippen LogP contribution in [0, 0.1) is 0 Å². The highest BCUT2D eigenvalue weighted by Crippen LogP contribution is 2.14. The first-order chi connectivity index (χ1) is 16.9. The van der Waals surface area contributed by atoms with Crippen molar-refractivity contribution in [2.24, 2.45) is 10.8 Å². The van der Waals surface area contributed by atoms with Crippen molar-refractivity contribution in [2.45, 2.75) is 69.4 Å². The summed E-state index contributed by atoms with van der Waals surface area (Å²) in [6.07, 6.45) is 6.67. The number of hydrogen-bond donors (Lipinski definition) is 3. The van der Waals surface area contributed by atoms with Gasteiger partial charge in [0.25, 0.3) is 5.91 Å². The van der Waals surface area contributed by atoms with E-state index in [1.807, 2.05) is 12.1 Å². The fourth-order valence-electron chi connectivity index (χ4n) is 3.60. The summed E-state index contributed by atoms with van der Waals surface area (Å²) in [4.78, 5) is 15.6. The molecule has 4 N–H and O–H groups in total. The zero-order valence-electron chi connectivity index (χ0n) is 20.3. The average Bonchev–Trinajstić information content (AvgIpc) is 2.87. The molecule has 2 aromatic carbocycles. The minimum atomic E-state index is -3.64. The number of nitrogens with one attached hydrogen (secondary N) is 2. The number of nitrogens with two attached hydrogens (primary N) is 1. The molecule has 0 saturated carbocycles. The van der Waals surface area contributed by atoms with Crippen molar-refractivity contribution in [3.8, 4) is 0 Å². The zero-order valence-corrected chi connectivity index (χ0v) is 21.1. The summed E-state index contributed by atoms with van der Waals surface area (Å²) in [7, 11) is -3.64. The van der Waals surface area contributed by atoms with Crippen LogP contribution in [0.2, 0.25) is 0 Å². The van der Waals surface area contributed by atoms with Crippen LogP contribution in [0.5, 0.6) is 0 Å². The number of aryl methyl sites for hydroxylation is 1. The molecule has 0 unspecified atom stereocenters. The standard InChI is InChI=1S/C25H36N6O3S/c1-2-3-4-7-20-11-15-24(16-12-20)35(33,34)29-18-21-9-13-22(14-10-21)25(32)30-23(19-28-31-27)8-5-6-17-26/h9-16,23,29H,2-8,17-19,26H2,1H3,(H,30,32)/t23-/m0/s1. The molecule has 0 aliphatic rings. The number of carbonyl (C=O) groups is 1. The van der Waals surface area contributed by atoms with Gasteiger partial charge in [-0.15, -0.1) is 0 Å². The smallest absolute Gasteiger partial charge is 0.251 e. The monoisotopic (exact) mass is 500 g/mol. The van der Waals surface area contributed by atoms with Gasteiger partial charge in [-0.25, -0.2) is 13.1 Å². The number of nitrogens with zero attached hydrogens (tertiary/aromatic N) is 3. The molecule has 0 fully saturated rings. The molecule has 0 spiro atoms. The molecule has 35 heavy (non-hydrogen) atoms. The van der Waals surface area contributed by atoms with Gasteiger partial charge in [0.15, 0.2) is 0 Å². The maximum absolute atomic E-state index is 12.7. The van der Waals surface area contributed by atoms with Gasteiger partial charge in [-0.3, -0.25) is 4.79 Å². The fraction of sp³-hybridized carbons (Fsp3) is 0.480. The van der Waals surface area contributed by atoms with E-state index in [0.29, 0.717) is 18.5 Å². The lowest BCUT2D eigenvalue weighted by atomic mass is 10.1. The molecular formula is C25H36N6O3S. The van der Waals surface area contributed by atoms with E-state index in [0.717, 1.165) is 49.7 Å². The minimum absolute atomic E-state index is 0.112. The first kappa shape index (κ1) is 28.3. The van der Waals surface area contributed by atoms with E-state index in [-0.39, 0.29) is 29.9 Å². The van der Waals surface area contributed by atoms with E-state index in [4.69, 9.17) is 11.3 Å². The third-order valence-corrected chi connectivity index (χ3v) is 7.11. The van der Waals surface area contributed by atoms with Crippen molar-refractivity contribution in [3.63, 3.8) is 0 Å². The second-order valence-corrected chi connectivity index (χ2v) is 10.3. The van der Waals surface area contributed by atoms with Gasteiger partial charge in [0.1, 0.15) is 0 Å². The topological polar surface area (TPSA) is 150 Å². The molecule has 0 aromatic heterocycles. The molecule has 2 rings (SSSR count). The van der Waals surface area contributed by atoms with Crippen LogP contribution < -0.4 is 15.8 Å². The first-order valence-electron chi connectivity index (χ1n) is 12.1. The minimum Gasteiger partial charge on any atom is -0.349 e. The van der Waals surface area contributed by atoms with Crippen molar-refractivity contribution >= 4 is 15.9 Å². The second-order valence-electron chi connectivity index (χ2n) is 8.49. The summed E-state index contributed by atoms with van der Waals surface area (Å²) in [5, 5.41) is 6.46. The predicted molar refractivity (Wildman–Crippen MR) is 138 cm³/mol. The zero-order chi connectivity index (χ0) is 25.5. The molecule has 0 bridgehead atoms. The van der Waals surface area contributed by atoms with E-state index in [9.17, 15) is 13.2 Å². The van der Waals surface area contributed by atoms with Gasteiger partial charge in [-0.05, 0) is 73.2 Å². The number of sulfonamides is 1. The van der Waals surface area contributed by atoms with E-state index in [1.54, 1.807) is 36.4 Å². The van der Waals surface area contributed by atoms with E-state index in [2.05, 4.69) is 27.0 Å². The van der Waals surface area contributed by atoms with Crippen LogP contribution >= 0.6 is 0 Å². The van der Waals surface area contributed by atoms with Crippen molar-refractivity contribution < 1.29 is 13.2 Å². The molecule has 0 aliphatic heterocycles. The number of amides is 1. The van der Waals surface area contributed by atoms with E-state index in [1.165, 1.54) is 0 Å². The van der Waals surface area contributed by atoms with Gasteiger partial charge in [0, 0.05) is 29.6 Å². The van der Waals surface area contributed by atoms with Crippen LogP contribution in [0.15, 0.2) is 58.5 Å². The Hall–Kier alpha value is -2.91. The molecule has 2 aromatic rings. The summed E-state index contributed by atoms with van der Waals surface area (Å²) in [6.45, 7) is 3.00. The third-order valence-electron chi connectivity index (χ3n) is 5.69. The molecular weight excluding hydrogens is 464 g/mol. The van der Waals surface area contributed by atoms with Gasteiger partial charge >= 0.3 is 0 Å². The maximum Gasteiger partial charge on any atom is 0.251 e. The number of rotatable bonds is 16. The summed E-state index contributed by atoms with van der Waals surface area (Å²) in [5.41, 5.74) is 16.4. The Bertz CT molecular complexity index is 1070. The maximum atomic E-state index is 12.7. The van der Waals surface area contributed by atoms with Crippen LogP contribution in [0.4, 0.5) is 0 Å². The van der Waals surface area contributed by atoms with Crippen molar-refractivity contribution in [1.82, 2.24) is 10.0 Å². The average molecular weight is 501 g/mol. The predicted octanol–water partition coefficient (Wildman–Crippen LogP) is 4.44. The lowest BCUT2D eigenvalue weighted by Crippen LogP contribution is -2.37. The molecule has 0 saturated heterocycles. The summed E-state index contributed by atoms with van der Waals surface area (Å²) < 4.78 is 27.9. The third kappa shape index (κ3) is 10.1. The molecule has 1 atom stereocenters. The second kappa shape index (κ2) is 15.2. The van der Waals surface area contributed by atoms with E-state index < -0.39 is 10.0 Å². The normalized spacial score (nSPS) is 12.1. The number of azide groups is 1. The summed E-state index contributed by atoms with van der Waals surface area (Å²) in [6, 6.07) is 13.5. The van der Waals surface area contributed by atoms with Gasteiger partial charge in [0.2, 0.25) is 10.0 Å². The van der Waals surface area contributed by atoms with Gasteiger partial charge in [0.05, 0.1) is 4.90 Å². The lowest BCUT2D eigenvalue weighted by molar-refractivity contribution is 0.0936. The lowest BCUT2D eigenvalue weighted by Gasteiger charge is -2.16. The molecule has 0 heterocycles. The quantitative estimate of drug-likeness (QED) is 0.135. The largest absolute Gasteiger partial charge is 0.349 e. The van der Waals surface area contributed by atoms with Crippen molar-refractivity contribution in [1.29, 1.82) is 0 Å². The Balaban J connectivity index is 1.92. The number of carbonyl (C=O) groups excluding carboxylic acids is 1. The van der Waals surface area contributed by atoms with Crippen molar-refractivity contribution in [2.75, 3.05) is 13.1 Å². The van der Waals surface area contributed by atoms with Crippen LogP contribution in [-0.4, -0.2) is 33.5 Å². The molecule has 1 amide bonds. The molecule has 0 aliphatic carbocycles. The number of unbranched alkanes of at least 4 members (excludes halogenated alkanes) is 3. The molecule has 10 heteroatoms. The molecule has 190 valence electrons. The Labute approximate surface area is 208 Å². The van der Waals surface area contributed by atoms with Crippen LogP contribution in [0.1, 0.15) is 66.9 Å². The SMILES string of the molecule is CCCCCc1ccc(S(=O)(=O)NCc2ccc(C(=O)N[C@@H](CCCCN)CN=[N+]=[N-])cc2)cc1. The van der Waals surface area contributed by atoms with Crippen LogP contribution in [-0.2, 0) is 23.0 Å². The highest BCUT2D eigenvalue weighted by molar-refractivity contribution is 7.89. The Kier molecular flexibility index (Phi) is 12.3. The Morgan fingerprint density at radius 1 is 1.03 bits per heavy atom. The molecule has 9 nitrogen and oxygen atoms in total. The fourth-order valence-corrected chi connectivity index (χ4v) is 4.62. The molecule has 0 radical (unpaired) electrons. The summed E-state index contributed by atoms with van der Waals surface area (Å²) in [5.74, 6) is -0.276. The van der Waals surface area contributed by atoms with Crippen LogP contribution in [0.25, 0.3) is 10.4 Å². The van der Waals surface area contributed by atoms with Crippen molar-refractivity contribution in [3.05, 3.63) is 75.7 Å². The number of benzene rings is 2. The van der Waals surface area contributed by atoms with Gasteiger partial charge < -0.3 is 11.1 Å². The van der Waals surface area contributed by atoms with Gasteiger partial charge in [-0.2, -0.15) is 0 Å². The highest BCUT2D eigenvalue weighted by Gasteiger charge is 2.15. The Morgan fingerprint density at radius 3 is 2.34 bits per heavy atom. The Morgan fingerprint density at radius 2 is 1.71 bits per heavy atom.